The molecule has 0 aromatic heterocycles. The van der Waals surface area contributed by atoms with Crippen molar-refractivity contribution in [3.8, 4) is 0 Å². The van der Waals surface area contributed by atoms with Gasteiger partial charge in [-0.3, -0.25) is 9.59 Å². The molecule has 1 amide bonds. The molecule has 2 N–H and O–H groups in total. The molecular weight excluding hydrogens is 204 g/mol. The van der Waals surface area contributed by atoms with Crippen molar-refractivity contribution in [3.05, 3.63) is 0 Å². The van der Waals surface area contributed by atoms with Crippen molar-refractivity contribution in [1.29, 1.82) is 0 Å². The third kappa shape index (κ3) is 3.04. The average molecular weight is 226 g/mol. The highest BCUT2D eigenvalue weighted by atomic mass is 16.2. The highest BCUT2D eigenvalue weighted by molar-refractivity contribution is 5.90. The van der Waals surface area contributed by atoms with Gasteiger partial charge in [0.1, 0.15) is 0 Å². The Morgan fingerprint density at radius 3 is 2.56 bits per heavy atom. The van der Waals surface area contributed by atoms with E-state index in [-0.39, 0.29) is 17.7 Å². The van der Waals surface area contributed by atoms with Crippen molar-refractivity contribution in [2.75, 3.05) is 6.54 Å². The van der Waals surface area contributed by atoms with E-state index in [1.807, 2.05) is 13.8 Å². The van der Waals surface area contributed by atoms with Gasteiger partial charge >= 0.3 is 0 Å². The number of carbonyl (C=O) groups is 2. The Labute approximate surface area is 97.2 Å². The zero-order chi connectivity index (χ0) is 12.3. The Hall–Kier alpha value is -0.900. The molecule has 0 aliphatic carbocycles. The summed E-state index contributed by atoms with van der Waals surface area (Å²) in [5.74, 6) is 0.409. The SMILES string of the molecule is CC(=O)[C@H]1CCCN1C(=O)C(N)CC(C)C. The second-order valence-electron chi connectivity index (χ2n) is 5.04. The summed E-state index contributed by atoms with van der Waals surface area (Å²) in [5.41, 5.74) is 5.86. The number of hydrogen-bond donors (Lipinski definition) is 1. The number of ketones is 1. The monoisotopic (exact) mass is 226 g/mol. The highest BCUT2D eigenvalue weighted by Gasteiger charge is 2.34. The summed E-state index contributed by atoms with van der Waals surface area (Å²) >= 11 is 0. The molecule has 1 heterocycles. The van der Waals surface area contributed by atoms with Gasteiger partial charge in [-0.2, -0.15) is 0 Å². The lowest BCUT2D eigenvalue weighted by atomic mass is 10.0. The molecule has 0 saturated carbocycles. The molecule has 0 spiro atoms. The van der Waals surface area contributed by atoms with E-state index in [4.69, 9.17) is 5.73 Å². The zero-order valence-corrected chi connectivity index (χ0v) is 10.4. The van der Waals surface area contributed by atoms with E-state index in [9.17, 15) is 9.59 Å². The fraction of sp³-hybridized carbons (Fsp3) is 0.833. The quantitative estimate of drug-likeness (QED) is 0.776. The molecule has 1 saturated heterocycles. The highest BCUT2D eigenvalue weighted by Crippen LogP contribution is 2.19. The van der Waals surface area contributed by atoms with Crippen LogP contribution in [0.1, 0.15) is 40.0 Å². The van der Waals surface area contributed by atoms with Gasteiger partial charge in [-0.1, -0.05) is 13.8 Å². The molecule has 4 nitrogen and oxygen atoms in total. The smallest absolute Gasteiger partial charge is 0.240 e. The van der Waals surface area contributed by atoms with Gasteiger partial charge in [-0.05, 0) is 32.1 Å². The van der Waals surface area contributed by atoms with Crippen LogP contribution in [-0.4, -0.2) is 35.2 Å². The molecule has 1 rings (SSSR count). The van der Waals surface area contributed by atoms with Crippen LogP contribution < -0.4 is 5.73 Å². The molecule has 0 bridgehead atoms. The number of hydrogen-bond acceptors (Lipinski definition) is 3. The number of carbonyl (C=O) groups excluding carboxylic acids is 2. The summed E-state index contributed by atoms with van der Waals surface area (Å²) < 4.78 is 0. The first-order valence-corrected chi connectivity index (χ1v) is 6.00. The fourth-order valence-corrected chi connectivity index (χ4v) is 2.27. The summed E-state index contributed by atoms with van der Waals surface area (Å²) in [5, 5.41) is 0. The van der Waals surface area contributed by atoms with Crippen LogP contribution in [0, 0.1) is 5.92 Å². The van der Waals surface area contributed by atoms with Crippen LogP contribution in [0.15, 0.2) is 0 Å². The number of rotatable bonds is 4. The Morgan fingerprint density at radius 2 is 2.06 bits per heavy atom. The second kappa shape index (κ2) is 5.43. The maximum Gasteiger partial charge on any atom is 0.240 e. The molecular formula is C12H22N2O2. The number of likely N-dealkylation sites (tertiary alicyclic amines) is 1. The summed E-state index contributed by atoms with van der Waals surface area (Å²) in [6, 6.07) is -0.689. The molecule has 4 heteroatoms. The first-order chi connectivity index (χ1) is 7.43. The Balaban J connectivity index is 2.62. The van der Waals surface area contributed by atoms with Gasteiger partial charge in [0.15, 0.2) is 5.78 Å². The zero-order valence-electron chi connectivity index (χ0n) is 10.4. The van der Waals surface area contributed by atoms with E-state index >= 15 is 0 Å². The van der Waals surface area contributed by atoms with Gasteiger partial charge in [0.2, 0.25) is 5.91 Å². The number of nitrogens with two attached hydrogens (primary N) is 1. The third-order valence-corrected chi connectivity index (χ3v) is 3.05. The summed E-state index contributed by atoms with van der Waals surface area (Å²) in [7, 11) is 0. The average Bonchev–Trinajstić information content (AvgIpc) is 2.63. The predicted molar refractivity (Wildman–Crippen MR) is 62.8 cm³/mol. The van der Waals surface area contributed by atoms with Crippen LogP contribution in [0.25, 0.3) is 0 Å². The van der Waals surface area contributed by atoms with Crippen LogP contribution in [-0.2, 0) is 9.59 Å². The van der Waals surface area contributed by atoms with Gasteiger partial charge in [0, 0.05) is 6.54 Å². The Kier molecular flexibility index (Phi) is 4.47. The number of amides is 1. The minimum atomic E-state index is -0.458. The summed E-state index contributed by atoms with van der Waals surface area (Å²) in [6.45, 7) is 6.30. The van der Waals surface area contributed by atoms with E-state index < -0.39 is 6.04 Å². The number of nitrogens with zero attached hydrogens (tertiary/aromatic N) is 1. The minimum absolute atomic E-state index is 0.0635. The maximum atomic E-state index is 12.0. The molecule has 0 aromatic rings. The summed E-state index contributed by atoms with van der Waals surface area (Å²) in [6.07, 6.45) is 2.37. The van der Waals surface area contributed by atoms with Crippen LogP contribution in [0.2, 0.25) is 0 Å². The second-order valence-corrected chi connectivity index (χ2v) is 5.04. The van der Waals surface area contributed by atoms with Crippen molar-refractivity contribution >= 4 is 11.7 Å². The normalized spacial score (nSPS) is 22.6. The van der Waals surface area contributed by atoms with Crippen LogP contribution in [0.4, 0.5) is 0 Å². The van der Waals surface area contributed by atoms with Crippen molar-refractivity contribution in [2.24, 2.45) is 11.7 Å². The van der Waals surface area contributed by atoms with Crippen molar-refractivity contribution in [1.82, 2.24) is 4.90 Å². The molecule has 1 unspecified atom stereocenters. The molecule has 0 radical (unpaired) electrons. The fourth-order valence-electron chi connectivity index (χ4n) is 2.27. The number of Topliss-reactive ketones (excluding diaryl/α,β-unsaturated/α-hetero) is 1. The minimum Gasteiger partial charge on any atom is -0.331 e. The van der Waals surface area contributed by atoms with E-state index in [0.29, 0.717) is 18.9 Å². The van der Waals surface area contributed by atoms with Gasteiger partial charge in [-0.25, -0.2) is 0 Å². The molecule has 1 fully saturated rings. The lowest BCUT2D eigenvalue weighted by Gasteiger charge is -2.26. The first kappa shape index (κ1) is 13.2. The van der Waals surface area contributed by atoms with Crippen molar-refractivity contribution in [3.63, 3.8) is 0 Å². The first-order valence-electron chi connectivity index (χ1n) is 6.00. The largest absolute Gasteiger partial charge is 0.331 e. The van der Waals surface area contributed by atoms with E-state index in [0.717, 1.165) is 12.8 Å². The lowest BCUT2D eigenvalue weighted by molar-refractivity contribution is -0.138. The molecule has 1 aliphatic rings. The van der Waals surface area contributed by atoms with E-state index in [1.54, 1.807) is 11.8 Å². The maximum absolute atomic E-state index is 12.0. The van der Waals surface area contributed by atoms with Gasteiger partial charge in [0.05, 0.1) is 12.1 Å². The van der Waals surface area contributed by atoms with Gasteiger partial charge in [0.25, 0.3) is 0 Å². The summed E-state index contributed by atoms with van der Waals surface area (Å²) in [4.78, 5) is 25.1. The van der Waals surface area contributed by atoms with E-state index in [2.05, 4.69) is 0 Å². The van der Waals surface area contributed by atoms with Gasteiger partial charge < -0.3 is 10.6 Å². The van der Waals surface area contributed by atoms with Crippen molar-refractivity contribution in [2.45, 2.75) is 52.1 Å². The molecule has 1 aliphatic heterocycles. The molecule has 16 heavy (non-hydrogen) atoms. The van der Waals surface area contributed by atoms with E-state index in [1.165, 1.54) is 0 Å². The van der Waals surface area contributed by atoms with Crippen molar-refractivity contribution < 1.29 is 9.59 Å². The predicted octanol–water partition coefficient (Wildman–Crippen LogP) is 0.940. The van der Waals surface area contributed by atoms with Crippen LogP contribution in [0.3, 0.4) is 0 Å². The Morgan fingerprint density at radius 1 is 1.44 bits per heavy atom. The standard InChI is InChI=1S/C12H22N2O2/c1-8(2)7-10(13)12(16)14-6-4-5-11(14)9(3)15/h8,10-11H,4-7,13H2,1-3H3/t10?,11-/m1/s1. The molecule has 92 valence electrons. The van der Waals surface area contributed by atoms with Crippen LogP contribution >= 0.6 is 0 Å². The lowest BCUT2D eigenvalue weighted by Crippen LogP contribution is -2.48. The topological polar surface area (TPSA) is 63.4 Å². The Bertz CT molecular complexity index is 276. The van der Waals surface area contributed by atoms with Gasteiger partial charge in [-0.15, -0.1) is 0 Å². The molecule has 2 atom stereocenters. The van der Waals surface area contributed by atoms with Crippen LogP contribution in [0.5, 0.6) is 0 Å². The molecule has 0 aromatic carbocycles. The third-order valence-electron chi connectivity index (χ3n) is 3.05.